The van der Waals surface area contributed by atoms with E-state index in [2.05, 4.69) is 29.1 Å². The Morgan fingerprint density at radius 3 is 2.50 bits per heavy atom. The number of nitrogens with one attached hydrogen (secondary N) is 1. The predicted molar refractivity (Wildman–Crippen MR) is 62.4 cm³/mol. The molecule has 1 aliphatic heterocycles. The molecule has 4 nitrogen and oxygen atoms in total. The lowest BCUT2D eigenvalue weighted by Crippen LogP contribution is -2.12. The lowest BCUT2D eigenvalue weighted by molar-refractivity contribution is 0.228. The second kappa shape index (κ2) is 4.37. The Morgan fingerprint density at radius 2 is 1.88 bits per heavy atom. The molecule has 4 heteroatoms. The molecule has 0 saturated heterocycles. The highest BCUT2D eigenvalue weighted by molar-refractivity contribution is 5.34. The fraction of sp³-hybridized carbons (Fsp3) is 0.667. The third-order valence-corrected chi connectivity index (χ3v) is 2.53. The second-order valence-corrected chi connectivity index (χ2v) is 4.74. The zero-order chi connectivity index (χ0) is 11.7. The van der Waals surface area contributed by atoms with Crippen LogP contribution in [0.2, 0.25) is 0 Å². The van der Waals surface area contributed by atoms with Crippen LogP contribution in [0.3, 0.4) is 0 Å². The molecule has 1 N–H and O–H groups in total. The van der Waals surface area contributed by atoms with Crippen LogP contribution < -0.4 is 10.1 Å². The van der Waals surface area contributed by atoms with E-state index in [0.29, 0.717) is 5.92 Å². The van der Waals surface area contributed by atoms with Crippen molar-refractivity contribution in [2.75, 3.05) is 0 Å². The highest BCUT2D eigenvalue weighted by Gasteiger charge is 2.21. The van der Waals surface area contributed by atoms with Crippen LogP contribution >= 0.6 is 0 Å². The first-order valence-corrected chi connectivity index (χ1v) is 5.85. The van der Waals surface area contributed by atoms with Crippen LogP contribution in [0, 0.1) is 0 Å². The van der Waals surface area contributed by atoms with Gasteiger partial charge in [0.1, 0.15) is 5.82 Å². The minimum Gasteiger partial charge on any atom is -0.475 e. The van der Waals surface area contributed by atoms with Crippen LogP contribution in [0.25, 0.3) is 0 Å². The van der Waals surface area contributed by atoms with Crippen molar-refractivity contribution in [3.8, 4) is 5.88 Å². The summed E-state index contributed by atoms with van der Waals surface area (Å²) in [5.74, 6) is 1.97. The molecule has 1 aromatic heterocycles. The van der Waals surface area contributed by atoms with Crippen LogP contribution in [0.5, 0.6) is 5.88 Å². The van der Waals surface area contributed by atoms with Crippen molar-refractivity contribution in [3.63, 3.8) is 0 Å². The minimum absolute atomic E-state index is 0.152. The van der Waals surface area contributed by atoms with Crippen molar-refractivity contribution < 1.29 is 4.74 Å². The van der Waals surface area contributed by atoms with Gasteiger partial charge in [0.25, 0.3) is 0 Å². The largest absolute Gasteiger partial charge is 0.475 e. The molecule has 0 aromatic carbocycles. The molecule has 0 saturated carbocycles. The van der Waals surface area contributed by atoms with Crippen molar-refractivity contribution in [1.82, 2.24) is 15.3 Å². The Kier molecular flexibility index (Phi) is 3.10. The van der Waals surface area contributed by atoms with Crippen molar-refractivity contribution in [3.05, 3.63) is 17.1 Å². The van der Waals surface area contributed by atoms with Gasteiger partial charge in [0.15, 0.2) is 0 Å². The summed E-state index contributed by atoms with van der Waals surface area (Å²) in [6.07, 6.45) is 0.152. The molecule has 0 atom stereocenters. The maximum absolute atomic E-state index is 5.76. The Hall–Kier alpha value is -1.16. The maximum Gasteiger partial charge on any atom is 0.221 e. The predicted octanol–water partition coefficient (Wildman–Crippen LogP) is 1.99. The molecule has 0 fully saturated rings. The molecule has 1 aromatic rings. The first kappa shape index (κ1) is 11.3. The molecule has 0 spiro atoms. The standard InChI is InChI=1S/C12H19N3O/c1-7(2)11-14-10-6-13-5-9(10)12(15-11)16-8(3)4/h7-8,13H,5-6H2,1-4H3. The third-order valence-electron chi connectivity index (χ3n) is 2.53. The lowest BCUT2D eigenvalue weighted by Gasteiger charge is -2.14. The lowest BCUT2D eigenvalue weighted by atomic mass is 10.2. The van der Waals surface area contributed by atoms with Gasteiger partial charge in [-0.05, 0) is 13.8 Å². The fourth-order valence-electron chi connectivity index (χ4n) is 1.73. The SMILES string of the molecule is CC(C)Oc1nc(C(C)C)nc2c1CNC2. The number of nitrogens with zero attached hydrogens (tertiary/aromatic N) is 2. The van der Waals surface area contributed by atoms with Crippen LogP contribution in [-0.2, 0) is 13.1 Å². The van der Waals surface area contributed by atoms with E-state index in [1.54, 1.807) is 0 Å². The van der Waals surface area contributed by atoms with Crippen LogP contribution in [-0.4, -0.2) is 16.1 Å². The smallest absolute Gasteiger partial charge is 0.221 e. The molecule has 0 unspecified atom stereocenters. The number of fused-ring (bicyclic) bond motifs is 1. The fourth-order valence-corrected chi connectivity index (χ4v) is 1.73. The van der Waals surface area contributed by atoms with E-state index < -0.39 is 0 Å². The Balaban J connectivity index is 2.41. The highest BCUT2D eigenvalue weighted by Crippen LogP contribution is 2.26. The molecule has 0 amide bonds. The van der Waals surface area contributed by atoms with Crippen LogP contribution in [0.1, 0.15) is 50.7 Å². The van der Waals surface area contributed by atoms with Gasteiger partial charge < -0.3 is 10.1 Å². The highest BCUT2D eigenvalue weighted by atomic mass is 16.5. The maximum atomic E-state index is 5.76. The Labute approximate surface area is 96.4 Å². The summed E-state index contributed by atoms with van der Waals surface area (Å²) in [5.41, 5.74) is 2.22. The monoisotopic (exact) mass is 221 g/mol. The molecule has 2 heterocycles. The number of hydrogen-bond acceptors (Lipinski definition) is 4. The summed E-state index contributed by atoms with van der Waals surface area (Å²) in [4.78, 5) is 9.08. The first-order valence-electron chi connectivity index (χ1n) is 5.85. The number of rotatable bonds is 3. The summed E-state index contributed by atoms with van der Waals surface area (Å²) in [5, 5.41) is 3.28. The minimum atomic E-state index is 0.152. The molecule has 88 valence electrons. The summed E-state index contributed by atoms with van der Waals surface area (Å²) in [6.45, 7) is 9.88. The molecule has 0 bridgehead atoms. The van der Waals surface area contributed by atoms with E-state index in [1.165, 1.54) is 0 Å². The van der Waals surface area contributed by atoms with Gasteiger partial charge in [0.05, 0.1) is 17.4 Å². The average Bonchev–Trinajstić information content (AvgIpc) is 2.64. The number of ether oxygens (including phenoxy) is 1. The third kappa shape index (κ3) is 2.16. The van der Waals surface area contributed by atoms with Gasteiger partial charge in [0.2, 0.25) is 5.88 Å². The van der Waals surface area contributed by atoms with Gasteiger partial charge in [-0.3, -0.25) is 0 Å². The van der Waals surface area contributed by atoms with E-state index >= 15 is 0 Å². The topological polar surface area (TPSA) is 47.0 Å². The van der Waals surface area contributed by atoms with Gasteiger partial charge in [-0.2, -0.15) is 4.98 Å². The van der Waals surface area contributed by atoms with Gasteiger partial charge in [-0.1, -0.05) is 13.8 Å². The number of hydrogen-bond donors (Lipinski definition) is 1. The molecule has 2 rings (SSSR count). The summed E-state index contributed by atoms with van der Waals surface area (Å²) >= 11 is 0. The molecular weight excluding hydrogens is 202 g/mol. The summed E-state index contributed by atoms with van der Waals surface area (Å²) in [7, 11) is 0. The van der Waals surface area contributed by atoms with Gasteiger partial charge in [0, 0.05) is 19.0 Å². The van der Waals surface area contributed by atoms with E-state index in [9.17, 15) is 0 Å². The van der Waals surface area contributed by atoms with E-state index in [4.69, 9.17) is 4.74 Å². The first-order chi connectivity index (χ1) is 7.58. The quantitative estimate of drug-likeness (QED) is 0.848. The number of aromatic nitrogens is 2. The van der Waals surface area contributed by atoms with E-state index in [-0.39, 0.29) is 6.10 Å². The zero-order valence-corrected chi connectivity index (χ0v) is 10.4. The second-order valence-electron chi connectivity index (χ2n) is 4.74. The van der Waals surface area contributed by atoms with Crippen molar-refractivity contribution in [1.29, 1.82) is 0 Å². The zero-order valence-electron chi connectivity index (χ0n) is 10.4. The Bertz CT molecular complexity index is 388. The molecule has 16 heavy (non-hydrogen) atoms. The molecule has 0 radical (unpaired) electrons. The average molecular weight is 221 g/mol. The summed E-state index contributed by atoms with van der Waals surface area (Å²) < 4.78 is 5.76. The Morgan fingerprint density at radius 1 is 1.12 bits per heavy atom. The van der Waals surface area contributed by atoms with E-state index in [0.717, 1.165) is 36.1 Å². The van der Waals surface area contributed by atoms with Crippen molar-refractivity contribution in [2.24, 2.45) is 0 Å². The van der Waals surface area contributed by atoms with Crippen LogP contribution in [0.15, 0.2) is 0 Å². The van der Waals surface area contributed by atoms with Gasteiger partial charge in [-0.15, -0.1) is 0 Å². The normalized spacial score (nSPS) is 14.6. The van der Waals surface area contributed by atoms with Crippen molar-refractivity contribution >= 4 is 0 Å². The van der Waals surface area contributed by atoms with Crippen LogP contribution in [0.4, 0.5) is 0 Å². The van der Waals surface area contributed by atoms with Crippen molar-refractivity contribution in [2.45, 2.75) is 52.8 Å². The van der Waals surface area contributed by atoms with Gasteiger partial charge >= 0.3 is 0 Å². The van der Waals surface area contributed by atoms with Gasteiger partial charge in [-0.25, -0.2) is 4.98 Å². The van der Waals surface area contributed by atoms with E-state index in [1.807, 2.05) is 13.8 Å². The summed E-state index contributed by atoms with van der Waals surface area (Å²) in [6, 6.07) is 0. The molecule has 1 aliphatic rings. The molecular formula is C12H19N3O. The molecule has 0 aliphatic carbocycles.